The number of aromatic nitrogens is 2. The maximum atomic E-state index is 13.3. The van der Waals surface area contributed by atoms with Gasteiger partial charge < -0.3 is 9.64 Å². The highest BCUT2D eigenvalue weighted by Gasteiger charge is 2.32. The number of aryl methyl sites for hydroxylation is 1. The number of hydrogen-bond donors (Lipinski definition) is 0. The Balaban J connectivity index is 1.96. The second-order valence-electron chi connectivity index (χ2n) is 7.26. The zero-order valence-corrected chi connectivity index (χ0v) is 17.5. The van der Waals surface area contributed by atoms with E-state index in [1.165, 1.54) is 0 Å². The predicted octanol–water partition coefficient (Wildman–Crippen LogP) is 3.85. The number of anilines is 1. The first-order valence-corrected chi connectivity index (χ1v) is 11.0. The van der Waals surface area contributed by atoms with Gasteiger partial charge in [-0.2, -0.15) is 12.5 Å². The maximum absolute atomic E-state index is 13.3. The minimum Gasteiger partial charge on any atom is -0.377 e. The Morgan fingerprint density at radius 3 is 2.36 bits per heavy atom. The zero-order chi connectivity index (χ0) is 20.1. The summed E-state index contributed by atoms with van der Waals surface area (Å²) in [5.74, 6) is 0.569. The van der Waals surface area contributed by atoms with Gasteiger partial charge in [0.2, 0.25) is 0 Å². The minimum absolute atomic E-state index is 0.0497. The van der Waals surface area contributed by atoms with Gasteiger partial charge in [-0.15, -0.1) is 5.10 Å². The lowest BCUT2D eigenvalue weighted by atomic mass is 10.1. The number of ether oxygens (including phenoxy) is 1. The quantitative estimate of drug-likeness (QED) is 0.645. The van der Waals surface area contributed by atoms with Gasteiger partial charge in [0.1, 0.15) is 0 Å². The molecular weight excluding hydrogens is 398 g/mol. The molecule has 0 saturated carbocycles. The molecule has 1 aromatic heterocycles. The van der Waals surface area contributed by atoms with Gasteiger partial charge in [0.05, 0.1) is 46.1 Å². The molecular formula is C20H22ClN3O3S. The van der Waals surface area contributed by atoms with E-state index in [-0.39, 0.29) is 17.0 Å². The summed E-state index contributed by atoms with van der Waals surface area (Å²) in [7, 11) is -3.86. The van der Waals surface area contributed by atoms with Crippen molar-refractivity contribution in [1.82, 2.24) is 9.19 Å². The molecule has 4 rings (SSSR count). The van der Waals surface area contributed by atoms with Gasteiger partial charge in [-0.1, -0.05) is 35.4 Å². The molecule has 0 aliphatic carbocycles. The lowest BCUT2D eigenvalue weighted by Gasteiger charge is -2.39. The average Bonchev–Trinajstić information content (AvgIpc) is 3.03. The highest BCUT2D eigenvalue weighted by atomic mass is 35.5. The Hall–Kier alpha value is -2.09. The second kappa shape index (κ2) is 7.06. The van der Waals surface area contributed by atoms with Crippen molar-refractivity contribution in [1.29, 1.82) is 0 Å². The van der Waals surface area contributed by atoms with Crippen molar-refractivity contribution in [3.8, 4) is 0 Å². The monoisotopic (exact) mass is 419 g/mol. The molecule has 0 bridgehead atoms. The number of hydrogen-bond acceptors (Lipinski definition) is 5. The van der Waals surface area contributed by atoms with Crippen LogP contribution in [-0.4, -0.2) is 42.9 Å². The Kier molecular flexibility index (Phi) is 4.85. The summed E-state index contributed by atoms with van der Waals surface area (Å²) in [6, 6.07) is 12.1. The van der Waals surface area contributed by atoms with Gasteiger partial charge in [0, 0.05) is 0 Å². The summed E-state index contributed by atoms with van der Waals surface area (Å²) in [4.78, 5) is 2.29. The SMILES string of the molecule is Cc1ccc(S(=O)(=O)n2nc(N3C(C)COCC3C)c3c(Cl)cccc32)cc1. The zero-order valence-electron chi connectivity index (χ0n) is 16.0. The molecule has 2 atom stereocenters. The van der Waals surface area contributed by atoms with Gasteiger partial charge >= 0.3 is 0 Å². The van der Waals surface area contributed by atoms with E-state index in [0.29, 0.717) is 35.0 Å². The van der Waals surface area contributed by atoms with E-state index >= 15 is 0 Å². The fraction of sp³-hybridized carbons (Fsp3) is 0.350. The topological polar surface area (TPSA) is 64.4 Å². The molecule has 2 heterocycles. The third-order valence-corrected chi connectivity index (χ3v) is 6.98. The van der Waals surface area contributed by atoms with Crippen LogP contribution < -0.4 is 4.90 Å². The molecule has 1 aliphatic heterocycles. The smallest absolute Gasteiger partial charge is 0.283 e. The van der Waals surface area contributed by atoms with Crippen LogP contribution in [0.4, 0.5) is 5.82 Å². The predicted molar refractivity (Wildman–Crippen MR) is 111 cm³/mol. The normalized spacial score (nSPS) is 20.6. The van der Waals surface area contributed by atoms with E-state index in [1.54, 1.807) is 42.5 Å². The summed E-state index contributed by atoms with van der Waals surface area (Å²) >= 11 is 6.50. The molecule has 0 radical (unpaired) electrons. The van der Waals surface area contributed by atoms with Crippen molar-refractivity contribution in [2.75, 3.05) is 18.1 Å². The molecule has 1 aliphatic rings. The van der Waals surface area contributed by atoms with Crippen LogP contribution in [0.3, 0.4) is 0 Å². The number of nitrogens with zero attached hydrogens (tertiary/aromatic N) is 3. The van der Waals surface area contributed by atoms with E-state index in [2.05, 4.69) is 10.00 Å². The molecule has 6 nitrogen and oxygen atoms in total. The van der Waals surface area contributed by atoms with Crippen LogP contribution in [0.5, 0.6) is 0 Å². The standard InChI is InChI=1S/C20H22ClN3O3S/c1-13-7-9-16(10-8-13)28(25,26)24-18-6-4-5-17(21)19(18)20(22-24)23-14(2)11-27-12-15(23)3/h4-10,14-15H,11-12H2,1-3H3. The number of halogens is 1. The van der Waals surface area contributed by atoms with Crippen LogP contribution in [0.1, 0.15) is 19.4 Å². The van der Waals surface area contributed by atoms with Gasteiger partial charge in [-0.25, -0.2) is 0 Å². The van der Waals surface area contributed by atoms with Gasteiger partial charge in [0.15, 0.2) is 5.82 Å². The molecule has 148 valence electrons. The fourth-order valence-corrected chi connectivity index (χ4v) is 5.21. The molecule has 28 heavy (non-hydrogen) atoms. The maximum Gasteiger partial charge on any atom is 0.283 e. The van der Waals surface area contributed by atoms with Crippen molar-refractivity contribution in [3.63, 3.8) is 0 Å². The van der Waals surface area contributed by atoms with Gasteiger partial charge in [-0.3, -0.25) is 0 Å². The lowest BCUT2D eigenvalue weighted by molar-refractivity contribution is 0.0753. The summed E-state index contributed by atoms with van der Waals surface area (Å²) < 4.78 is 33.4. The highest BCUT2D eigenvalue weighted by molar-refractivity contribution is 7.90. The van der Waals surface area contributed by atoms with E-state index in [1.807, 2.05) is 20.8 Å². The first kappa shape index (κ1) is 19.2. The number of benzene rings is 2. The first-order valence-electron chi connectivity index (χ1n) is 9.16. The average molecular weight is 420 g/mol. The summed E-state index contributed by atoms with van der Waals surface area (Å²) in [6.07, 6.45) is 0. The van der Waals surface area contributed by atoms with Crippen molar-refractivity contribution < 1.29 is 13.2 Å². The summed E-state index contributed by atoms with van der Waals surface area (Å²) in [6.45, 7) is 7.08. The summed E-state index contributed by atoms with van der Waals surface area (Å²) in [5, 5.41) is 5.67. The van der Waals surface area contributed by atoms with Crippen LogP contribution in [-0.2, 0) is 14.8 Å². The number of morpholine rings is 1. The molecule has 0 spiro atoms. The Morgan fingerprint density at radius 2 is 1.71 bits per heavy atom. The molecule has 2 unspecified atom stereocenters. The van der Waals surface area contributed by atoms with Gasteiger partial charge in [0.25, 0.3) is 10.0 Å². The van der Waals surface area contributed by atoms with Crippen LogP contribution in [0.15, 0.2) is 47.4 Å². The van der Waals surface area contributed by atoms with E-state index in [9.17, 15) is 8.42 Å². The van der Waals surface area contributed by atoms with E-state index in [0.717, 1.165) is 9.65 Å². The largest absolute Gasteiger partial charge is 0.377 e. The van der Waals surface area contributed by atoms with Crippen molar-refractivity contribution in [2.45, 2.75) is 37.8 Å². The third kappa shape index (κ3) is 3.07. The molecule has 1 fully saturated rings. The third-order valence-electron chi connectivity index (χ3n) is 5.07. The van der Waals surface area contributed by atoms with E-state index in [4.69, 9.17) is 16.3 Å². The van der Waals surface area contributed by atoms with Crippen molar-refractivity contribution >= 4 is 38.3 Å². The molecule has 3 aromatic rings. The fourth-order valence-electron chi connectivity index (χ4n) is 3.68. The molecule has 0 N–H and O–H groups in total. The molecule has 2 aromatic carbocycles. The Morgan fingerprint density at radius 1 is 1.07 bits per heavy atom. The Bertz CT molecular complexity index is 1120. The highest BCUT2D eigenvalue weighted by Crippen LogP contribution is 2.36. The molecule has 0 amide bonds. The van der Waals surface area contributed by atoms with E-state index < -0.39 is 10.0 Å². The lowest BCUT2D eigenvalue weighted by Crippen LogP contribution is -2.50. The van der Waals surface area contributed by atoms with Crippen LogP contribution in [0.2, 0.25) is 5.02 Å². The molecule has 1 saturated heterocycles. The summed E-state index contributed by atoms with van der Waals surface area (Å²) in [5.41, 5.74) is 1.46. The van der Waals surface area contributed by atoms with Crippen LogP contribution in [0.25, 0.3) is 10.9 Å². The molecule has 8 heteroatoms. The Labute approximate surface area is 169 Å². The van der Waals surface area contributed by atoms with Crippen molar-refractivity contribution in [2.24, 2.45) is 0 Å². The van der Waals surface area contributed by atoms with Crippen molar-refractivity contribution in [3.05, 3.63) is 53.1 Å². The van der Waals surface area contributed by atoms with Crippen LogP contribution in [0, 0.1) is 6.92 Å². The minimum atomic E-state index is -3.86. The van der Waals surface area contributed by atoms with Gasteiger partial charge in [-0.05, 0) is 45.0 Å². The second-order valence-corrected chi connectivity index (χ2v) is 9.44. The number of rotatable bonds is 3. The van der Waals surface area contributed by atoms with Crippen LogP contribution >= 0.6 is 11.6 Å². The number of fused-ring (bicyclic) bond motifs is 1. The first-order chi connectivity index (χ1) is 13.3.